The van der Waals surface area contributed by atoms with Crippen LogP contribution in [0.2, 0.25) is 0 Å². The molecule has 0 radical (unpaired) electrons. The van der Waals surface area contributed by atoms with E-state index < -0.39 is 6.04 Å². The van der Waals surface area contributed by atoms with E-state index in [1.54, 1.807) is 31.6 Å². The Bertz CT molecular complexity index is 973. The third kappa shape index (κ3) is 4.03. The van der Waals surface area contributed by atoms with Gasteiger partial charge in [-0.25, -0.2) is 0 Å². The number of nitrogens with one attached hydrogen (secondary N) is 2. The minimum absolute atomic E-state index is 0.0738. The van der Waals surface area contributed by atoms with Gasteiger partial charge in [0.1, 0.15) is 23.2 Å². The first-order valence-corrected chi connectivity index (χ1v) is 9.15. The lowest BCUT2D eigenvalue weighted by Crippen LogP contribution is -2.49. The molecule has 0 aliphatic carbocycles. The van der Waals surface area contributed by atoms with Gasteiger partial charge in [-0.05, 0) is 42.3 Å². The van der Waals surface area contributed by atoms with Gasteiger partial charge in [0.25, 0.3) is 5.91 Å². The Morgan fingerprint density at radius 2 is 2.00 bits per heavy atom. The highest BCUT2D eigenvalue weighted by atomic mass is 16.5. The van der Waals surface area contributed by atoms with Gasteiger partial charge in [0, 0.05) is 18.0 Å². The van der Waals surface area contributed by atoms with E-state index in [9.17, 15) is 9.59 Å². The van der Waals surface area contributed by atoms with Crippen molar-refractivity contribution >= 4 is 22.7 Å². The molecule has 0 aliphatic rings. The highest BCUT2D eigenvalue weighted by Crippen LogP contribution is 2.24. The molecule has 2 heterocycles. The van der Waals surface area contributed by atoms with Gasteiger partial charge in [-0.2, -0.15) is 0 Å². The van der Waals surface area contributed by atoms with Gasteiger partial charge < -0.3 is 24.4 Å². The number of furan rings is 1. The summed E-state index contributed by atoms with van der Waals surface area (Å²) < 4.78 is 12.3. The summed E-state index contributed by atoms with van der Waals surface area (Å²) in [5.74, 6) is 0.757. The topological polar surface area (TPSA) is 85.5 Å². The summed E-state index contributed by atoms with van der Waals surface area (Å²) in [6, 6.07) is 10.3. The SMILES string of the molecule is COc1ccc2c(c1)cc(C(=O)N[C@@H](C(=O)NCc1ccco1)C(C)C)n2C. The van der Waals surface area contributed by atoms with Crippen molar-refractivity contribution in [1.82, 2.24) is 15.2 Å². The second kappa shape index (κ2) is 8.21. The first-order valence-electron chi connectivity index (χ1n) is 9.15. The highest BCUT2D eigenvalue weighted by Gasteiger charge is 2.26. The van der Waals surface area contributed by atoms with Crippen molar-refractivity contribution in [3.63, 3.8) is 0 Å². The number of aromatic nitrogens is 1. The largest absolute Gasteiger partial charge is 0.497 e. The molecule has 28 heavy (non-hydrogen) atoms. The number of methoxy groups -OCH3 is 1. The van der Waals surface area contributed by atoms with Crippen LogP contribution in [0.25, 0.3) is 10.9 Å². The zero-order valence-corrected chi connectivity index (χ0v) is 16.5. The lowest BCUT2D eigenvalue weighted by Gasteiger charge is -2.21. The molecule has 2 aromatic heterocycles. The number of carbonyl (C=O) groups is 2. The van der Waals surface area contributed by atoms with Crippen molar-refractivity contribution in [2.24, 2.45) is 13.0 Å². The number of fused-ring (bicyclic) bond motifs is 1. The molecule has 1 aromatic carbocycles. The Morgan fingerprint density at radius 1 is 1.21 bits per heavy atom. The van der Waals surface area contributed by atoms with Crippen LogP contribution in [0.3, 0.4) is 0 Å². The van der Waals surface area contributed by atoms with Gasteiger partial charge in [-0.1, -0.05) is 13.8 Å². The number of ether oxygens (including phenoxy) is 1. The lowest BCUT2D eigenvalue weighted by atomic mass is 10.0. The molecule has 3 rings (SSSR count). The lowest BCUT2D eigenvalue weighted by molar-refractivity contribution is -0.124. The molecule has 1 atom stereocenters. The zero-order valence-electron chi connectivity index (χ0n) is 16.5. The number of nitrogens with zero attached hydrogens (tertiary/aromatic N) is 1. The summed E-state index contributed by atoms with van der Waals surface area (Å²) in [4.78, 5) is 25.5. The van der Waals surface area contributed by atoms with Crippen molar-refractivity contribution in [3.05, 3.63) is 54.1 Å². The third-order valence-corrected chi connectivity index (χ3v) is 4.73. The maximum Gasteiger partial charge on any atom is 0.268 e. The summed E-state index contributed by atoms with van der Waals surface area (Å²) in [5.41, 5.74) is 1.39. The van der Waals surface area contributed by atoms with Crippen molar-refractivity contribution in [1.29, 1.82) is 0 Å². The normalized spacial score (nSPS) is 12.2. The number of amides is 2. The number of benzene rings is 1. The Kier molecular flexibility index (Phi) is 5.73. The monoisotopic (exact) mass is 383 g/mol. The van der Waals surface area contributed by atoms with Crippen molar-refractivity contribution < 1.29 is 18.7 Å². The minimum atomic E-state index is -0.657. The molecule has 0 aliphatic heterocycles. The van der Waals surface area contributed by atoms with Crippen LogP contribution in [0.1, 0.15) is 30.1 Å². The van der Waals surface area contributed by atoms with E-state index >= 15 is 0 Å². The van der Waals surface area contributed by atoms with Gasteiger partial charge >= 0.3 is 0 Å². The summed E-state index contributed by atoms with van der Waals surface area (Å²) >= 11 is 0. The second-order valence-corrected chi connectivity index (χ2v) is 7.01. The molecule has 0 spiro atoms. The van der Waals surface area contributed by atoms with Crippen LogP contribution < -0.4 is 15.4 Å². The van der Waals surface area contributed by atoms with E-state index in [0.29, 0.717) is 11.5 Å². The van der Waals surface area contributed by atoms with Crippen molar-refractivity contribution in [2.75, 3.05) is 7.11 Å². The zero-order chi connectivity index (χ0) is 20.3. The molecule has 3 aromatic rings. The summed E-state index contributed by atoms with van der Waals surface area (Å²) in [6.07, 6.45) is 1.55. The standard InChI is InChI=1S/C21H25N3O4/c1-13(2)19(21(26)22-12-16-6-5-9-28-16)23-20(25)18-11-14-10-15(27-4)7-8-17(14)24(18)3/h5-11,13,19H,12H2,1-4H3,(H,22,26)(H,23,25)/t19-/m1/s1. The van der Waals surface area contributed by atoms with Crippen LogP contribution in [-0.2, 0) is 18.4 Å². The fraction of sp³-hybridized carbons (Fsp3) is 0.333. The van der Waals surface area contributed by atoms with E-state index in [0.717, 1.165) is 16.7 Å². The van der Waals surface area contributed by atoms with Crippen LogP contribution in [0.15, 0.2) is 47.1 Å². The molecule has 0 fully saturated rings. The Balaban J connectivity index is 1.75. The number of carbonyl (C=O) groups excluding carboxylic acids is 2. The maximum atomic E-state index is 12.9. The van der Waals surface area contributed by atoms with E-state index in [1.165, 1.54) is 0 Å². The molecule has 2 amide bonds. The molecule has 7 heteroatoms. The Hall–Kier alpha value is -3.22. The molecule has 7 nitrogen and oxygen atoms in total. The Labute approximate surface area is 163 Å². The number of hydrogen-bond acceptors (Lipinski definition) is 4. The van der Waals surface area contributed by atoms with E-state index in [1.807, 2.05) is 43.7 Å². The van der Waals surface area contributed by atoms with E-state index in [-0.39, 0.29) is 24.3 Å². The molecular weight excluding hydrogens is 358 g/mol. The minimum Gasteiger partial charge on any atom is -0.497 e. The summed E-state index contributed by atoms with van der Waals surface area (Å²) in [6.45, 7) is 4.06. The van der Waals surface area contributed by atoms with Crippen LogP contribution in [0, 0.1) is 5.92 Å². The second-order valence-electron chi connectivity index (χ2n) is 7.01. The van der Waals surface area contributed by atoms with Crippen molar-refractivity contribution in [3.8, 4) is 5.75 Å². The molecular formula is C21H25N3O4. The Morgan fingerprint density at radius 3 is 2.64 bits per heavy atom. The fourth-order valence-corrected chi connectivity index (χ4v) is 3.12. The molecule has 0 saturated carbocycles. The molecule has 0 bridgehead atoms. The molecule has 0 unspecified atom stereocenters. The molecule has 2 N–H and O–H groups in total. The third-order valence-electron chi connectivity index (χ3n) is 4.73. The van der Waals surface area contributed by atoms with Gasteiger partial charge in [0.2, 0.25) is 5.91 Å². The highest BCUT2D eigenvalue weighted by molar-refractivity contribution is 6.01. The van der Waals surface area contributed by atoms with Crippen LogP contribution in [0.4, 0.5) is 0 Å². The van der Waals surface area contributed by atoms with Crippen LogP contribution in [0.5, 0.6) is 5.75 Å². The summed E-state index contributed by atoms with van der Waals surface area (Å²) in [5, 5.41) is 6.57. The predicted octanol–water partition coefficient (Wildman–Crippen LogP) is 2.85. The van der Waals surface area contributed by atoms with E-state index in [2.05, 4.69) is 10.6 Å². The average molecular weight is 383 g/mol. The van der Waals surface area contributed by atoms with Gasteiger partial charge in [-0.3, -0.25) is 9.59 Å². The van der Waals surface area contributed by atoms with Gasteiger partial charge in [-0.15, -0.1) is 0 Å². The maximum absolute atomic E-state index is 12.9. The predicted molar refractivity (Wildman–Crippen MR) is 106 cm³/mol. The van der Waals surface area contributed by atoms with Crippen molar-refractivity contribution in [2.45, 2.75) is 26.4 Å². The number of hydrogen-bond donors (Lipinski definition) is 2. The van der Waals surface area contributed by atoms with Gasteiger partial charge in [0.15, 0.2) is 0 Å². The summed E-state index contributed by atoms with van der Waals surface area (Å²) in [7, 11) is 3.43. The molecule has 148 valence electrons. The first kappa shape index (κ1) is 19.5. The smallest absolute Gasteiger partial charge is 0.268 e. The average Bonchev–Trinajstić information content (AvgIpc) is 3.31. The molecule has 0 saturated heterocycles. The number of aryl methyl sites for hydroxylation is 1. The van der Waals surface area contributed by atoms with Crippen LogP contribution in [-0.4, -0.2) is 29.5 Å². The van der Waals surface area contributed by atoms with E-state index in [4.69, 9.17) is 9.15 Å². The van der Waals surface area contributed by atoms with Gasteiger partial charge in [0.05, 0.1) is 19.9 Å². The quantitative estimate of drug-likeness (QED) is 0.657. The number of rotatable bonds is 7. The fourth-order valence-electron chi connectivity index (χ4n) is 3.12. The van der Waals surface area contributed by atoms with Crippen LogP contribution >= 0.6 is 0 Å². The first-order chi connectivity index (χ1) is 13.4.